The zero-order valence-corrected chi connectivity index (χ0v) is 13.1. The van der Waals surface area contributed by atoms with Crippen LogP contribution in [0.25, 0.3) is 0 Å². The van der Waals surface area contributed by atoms with Crippen LogP contribution in [0.4, 0.5) is 19.0 Å². The molecule has 0 saturated carbocycles. The second-order valence-corrected chi connectivity index (χ2v) is 5.58. The Labute approximate surface area is 124 Å². The number of rotatable bonds is 3. The molecule has 1 fully saturated rings. The van der Waals surface area contributed by atoms with Gasteiger partial charge in [0.2, 0.25) is 0 Å². The fourth-order valence-electron chi connectivity index (χ4n) is 2.61. The molecule has 0 radical (unpaired) electrons. The van der Waals surface area contributed by atoms with Crippen molar-refractivity contribution in [2.24, 2.45) is 7.05 Å². The van der Waals surface area contributed by atoms with Crippen LogP contribution >= 0.6 is 15.9 Å². The molecule has 0 amide bonds. The molecular weight excluding hydrogens is 337 g/mol. The van der Waals surface area contributed by atoms with Crippen molar-refractivity contribution in [3.63, 3.8) is 0 Å². The van der Waals surface area contributed by atoms with Crippen molar-refractivity contribution in [3.8, 4) is 0 Å². The molecule has 20 heavy (non-hydrogen) atoms. The molecule has 4 nitrogen and oxygen atoms in total. The van der Waals surface area contributed by atoms with E-state index in [1.165, 1.54) is 4.90 Å². The molecule has 2 heterocycles. The molecule has 0 unspecified atom stereocenters. The van der Waals surface area contributed by atoms with Crippen LogP contribution in [-0.4, -0.2) is 53.6 Å². The number of nitrogens with zero attached hydrogens (tertiary/aromatic N) is 4. The van der Waals surface area contributed by atoms with Gasteiger partial charge in [-0.05, 0) is 6.92 Å². The van der Waals surface area contributed by atoms with Crippen LogP contribution in [0.1, 0.15) is 11.3 Å². The summed E-state index contributed by atoms with van der Waals surface area (Å²) in [6.45, 7) is 3.15. The van der Waals surface area contributed by atoms with E-state index in [1.807, 2.05) is 18.7 Å². The number of hydrogen-bond donors (Lipinski definition) is 0. The van der Waals surface area contributed by atoms with Crippen LogP contribution in [0.15, 0.2) is 0 Å². The summed E-state index contributed by atoms with van der Waals surface area (Å²) in [4.78, 5) is 3.57. The van der Waals surface area contributed by atoms with Gasteiger partial charge in [-0.25, -0.2) is 0 Å². The highest BCUT2D eigenvalue weighted by Crippen LogP contribution is 2.27. The number of alkyl halides is 4. The van der Waals surface area contributed by atoms with E-state index in [0.29, 0.717) is 31.5 Å². The van der Waals surface area contributed by atoms with Crippen molar-refractivity contribution < 1.29 is 13.2 Å². The van der Waals surface area contributed by atoms with E-state index in [-0.39, 0.29) is 0 Å². The number of aryl methyl sites for hydroxylation is 2. The first kappa shape index (κ1) is 15.6. The quantitative estimate of drug-likeness (QED) is 0.778. The molecule has 1 aliphatic heterocycles. The summed E-state index contributed by atoms with van der Waals surface area (Å²) in [5.74, 6) is 1.01. The van der Waals surface area contributed by atoms with Gasteiger partial charge in [-0.2, -0.15) is 18.3 Å². The largest absolute Gasteiger partial charge is 0.401 e. The number of anilines is 1. The Hall–Kier alpha value is -0.760. The Balaban J connectivity index is 2.04. The summed E-state index contributed by atoms with van der Waals surface area (Å²) in [6, 6.07) is 0. The highest BCUT2D eigenvalue weighted by atomic mass is 79.9. The topological polar surface area (TPSA) is 24.3 Å². The van der Waals surface area contributed by atoms with Crippen LogP contribution in [-0.2, 0) is 12.4 Å². The normalized spacial score (nSPS) is 17.8. The third kappa shape index (κ3) is 3.46. The maximum Gasteiger partial charge on any atom is 0.401 e. The first-order chi connectivity index (χ1) is 9.31. The summed E-state index contributed by atoms with van der Waals surface area (Å²) in [7, 11) is 1.87. The Morgan fingerprint density at radius 1 is 1.20 bits per heavy atom. The predicted octanol–water partition coefficient (Wildman–Crippen LogP) is 2.31. The standard InChI is InChI=1S/C12H18BrF3N4/c1-9-10(7-13)11(18(2)17-9)20-5-3-19(4-6-20)8-12(14,15)16/h3-8H2,1-2H3. The lowest BCUT2D eigenvalue weighted by molar-refractivity contribution is -0.146. The Morgan fingerprint density at radius 3 is 2.30 bits per heavy atom. The fraction of sp³-hybridized carbons (Fsp3) is 0.750. The molecule has 1 saturated heterocycles. The summed E-state index contributed by atoms with van der Waals surface area (Å²) < 4.78 is 38.9. The van der Waals surface area contributed by atoms with Crippen molar-refractivity contribution in [1.29, 1.82) is 0 Å². The van der Waals surface area contributed by atoms with Gasteiger partial charge in [-0.15, -0.1) is 0 Å². The van der Waals surface area contributed by atoms with Crippen LogP contribution in [0.2, 0.25) is 0 Å². The zero-order chi connectivity index (χ0) is 14.9. The van der Waals surface area contributed by atoms with E-state index in [2.05, 4.69) is 25.9 Å². The first-order valence-corrected chi connectivity index (χ1v) is 7.56. The summed E-state index contributed by atoms with van der Waals surface area (Å²) in [6.07, 6.45) is -4.12. The Kier molecular flexibility index (Phi) is 4.63. The number of aromatic nitrogens is 2. The lowest BCUT2D eigenvalue weighted by Crippen LogP contribution is -2.49. The second-order valence-electron chi connectivity index (χ2n) is 5.02. The number of halogens is 4. The predicted molar refractivity (Wildman–Crippen MR) is 75.3 cm³/mol. The molecule has 8 heteroatoms. The lowest BCUT2D eigenvalue weighted by atomic mass is 10.2. The average molecular weight is 355 g/mol. The van der Waals surface area contributed by atoms with Crippen LogP contribution in [0.5, 0.6) is 0 Å². The molecule has 114 valence electrons. The van der Waals surface area contributed by atoms with Crippen LogP contribution < -0.4 is 4.90 Å². The molecular formula is C12H18BrF3N4. The minimum absolute atomic E-state index is 0.422. The van der Waals surface area contributed by atoms with E-state index in [1.54, 1.807) is 0 Å². The maximum absolute atomic E-state index is 12.4. The van der Waals surface area contributed by atoms with Gasteiger partial charge < -0.3 is 4.90 Å². The lowest BCUT2D eigenvalue weighted by Gasteiger charge is -2.36. The highest BCUT2D eigenvalue weighted by Gasteiger charge is 2.32. The van der Waals surface area contributed by atoms with Gasteiger partial charge in [0, 0.05) is 44.1 Å². The zero-order valence-electron chi connectivity index (χ0n) is 11.5. The smallest absolute Gasteiger partial charge is 0.354 e. The Bertz CT molecular complexity index is 464. The number of hydrogen-bond acceptors (Lipinski definition) is 3. The van der Waals surface area contributed by atoms with Gasteiger partial charge in [0.15, 0.2) is 0 Å². The second kappa shape index (κ2) is 5.93. The third-order valence-corrected chi connectivity index (χ3v) is 4.08. The third-order valence-electron chi connectivity index (χ3n) is 3.52. The molecule has 0 aliphatic carbocycles. The van der Waals surface area contributed by atoms with E-state index >= 15 is 0 Å². The Morgan fingerprint density at radius 2 is 1.80 bits per heavy atom. The van der Waals surface area contributed by atoms with E-state index in [0.717, 1.165) is 17.1 Å². The average Bonchev–Trinajstić information content (AvgIpc) is 2.62. The van der Waals surface area contributed by atoms with Crippen LogP contribution in [0.3, 0.4) is 0 Å². The molecule has 0 atom stereocenters. The van der Waals surface area contributed by atoms with Gasteiger partial charge in [0.25, 0.3) is 0 Å². The maximum atomic E-state index is 12.4. The van der Waals surface area contributed by atoms with Crippen LogP contribution in [0, 0.1) is 6.92 Å². The monoisotopic (exact) mass is 354 g/mol. The van der Waals surface area contributed by atoms with Gasteiger partial charge in [-0.3, -0.25) is 9.58 Å². The molecule has 0 aromatic carbocycles. The SMILES string of the molecule is Cc1nn(C)c(N2CCN(CC(F)(F)F)CC2)c1CBr. The van der Waals surface area contributed by atoms with Crippen molar-refractivity contribution >= 4 is 21.7 Å². The first-order valence-electron chi connectivity index (χ1n) is 6.44. The van der Waals surface area contributed by atoms with Gasteiger partial charge in [0.05, 0.1) is 12.2 Å². The van der Waals surface area contributed by atoms with E-state index < -0.39 is 12.7 Å². The van der Waals surface area contributed by atoms with E-state index in [4.69, 9.17) is 0 Å². The molecule has 0 spiro atoms. The minimum atomic E-state index is -4.12. The summed E-state index contributed by atoms with van der Waals surface area (Å²) >= 11 is 3.45. The molecule has 2 rings (SSSR count). The molecule has 1 aliphatic rings. The van der Waals surface area contributed by atoms with Gasteiger partial charge >= 0.3 is 6.18 Å². The summed E-state index contributed by atoms with van der Waals surface area (Å²) in [5, 5.41) is 5.09. The van der Waals surface area contributed by atoms with Crippen molar-refractivity contribution in [2.45, 2.75) is 18.4 Å². The number of piperazine rings is 1. The molecule has 0 bridgehead atoms. The van der Waals surface area contributed by atoms with Crippen molar-refractivity contribution in [2.75, 3.05) is 37.6 Å². The molecule has 0 N–H and O–H groups in total. The van der Waals surface area contributed by atoms with Gasteiger partial charge in [0.1, 0.15) is 5.82 Å². The van der Waals surface area contributed by atoms with Crippen molar-refractivity contribution in [3.05, 3.63) is 11.3 Å². The summed E-state index contributed by atoms with van der Waals surface area (Å²) in [5.41, 5.74) is 2.06. The van der Waals surface area contributed by atoms with Crippen molar-refractivity contribution in [1.82, 2.24) is 14.7 Å². The highest BCUT2D eigenvalue weighted by molar-refractivity contribution is 9.08. The van der Waals surface area contributed by atoms with Gasteiger partial charge in [-0.1, -0.05) is 15.9 Å². The molecule has 1 aromatic rings. The molecule has 1 aromatic heterocycles. The van der Waals surface area contributed by atoms with E-state index in [9.17, 15) is 13.2 Å². The minimum Gasteiger partial charge on any atom is -0.354 e. The fourth-order valence-corrected chi connectivity index (χ4v) is 3.27.